The van der Waals surface area contributed by atoms with E-state index in [-0.39, 0.29) is 0 Å². The van der Waals surface area contributed by atoms with Gasteiger partial charge in [-0.3, -0.25) is 0 Å². The summed E-state index contributed by atoms with van der Waals surface area (Å²) in [6.45, 7) is 5.12. The second-order valence-corrected chi connectivity index (χ2v) is 4.15. The van der Waals surface area contributed by atoms with Crippen molar-refractivity contribution in [2.24, 2.45) is 0 Å². The third-order valence-corrected chi connectivity index (χ3v) is 2.60. The summed E-state index contributed by atoms with van der Waals surface area (Å²) in [5.41, 5.74) is 2.33. The molecule has 1 N–H and O–H groups in total. The maximum absolute atomic E-state index is 5.32. The fourth-order valence-electron chi connectivity index (χ4n) is 1.76. The van der Waals surface area contributed by atoms with Crippen molar-refractivity contribution < 1.29 is 9.26 Å². The molecule has 0 bridgehead atoms. The largest absolute Gasteiger partial charge is 0.496 e. The van der Waals surface area contributed by atoms with Gasteiger partial charge >= 0.3 is 0 Å². The van der Waals surface area contributed by atoms with Gasteiger partial charge in [0.2, 0.25) is 5.89 Å². The monoisotopic (exact) mass is 247 g/mol. The van der Waals surface area contributed by atoms with E-state index < -0.39 is 0 Å². The van der Waals surface area contributed by atoms with Gasteiger partial charge in [-0.25, -0.2) is 0 Å². The molecule has 0 amide bonds. The molecular weight excluding hydrogens is 230 g/mol. The fraction of sp³-hybridized carbons (Fsp3) is 0.385. The van der Waals surface area contributed by atoms with Crippen LogP contribution < -0.4 is 10.1 Å². The first kappa shape index (κ1) is 12.6. The lowest BCUT2D eigenvalue weighted by Crippen LogP contribution is -2.13. The highest BCUT2D eigenvalue weighted by atomic mass is 16.5. The Hall–Kier alpha value is -1.88. The van der Waals surface area contributed by atoms with Crippen molar-refractivity contribution in [1.29, 1.82) is 0 Å². The van der Waals surface area contributed by atoms with Gasteiger partial charge in [-0.2, -0.15) is 4.98 Å². The standard InChI is InChI=1S/C13H17N3O2/c1-9-4-5-12(17-3)11(6-9)7-14-8-13-15-10(2)16-18-13/h4-6,14H,7-8H2,1-3H3. The molecule has 0 aliphatic heterocycles. The van der Waals surface area contributed by atoms with Crippen LogP contribution in [0.25, 0.3) is 0 Å². The number of ether oxygens (including phenoxy) is 1. The van der Waals surface area contributed by atoms with Crippen LogP contribution in [0.2, 0.25) is 0 Å². The van der Waals surface area contributed by atoms with Crippen molar-refractivity contribution >= 4 is 0 Å². The Morgan fingerprint density at radius 3 is 2.78 bits per heavy atom. The molecule has 5 nitrogen and oxygen atoms in total. The van der Waals surface area contributed by atoms with E-state index in [0.29, 0.717) is 24.8 Å². The van der Waals surface area contributed by atoms with Crippen molar-refractivity contribution in [1.82, 2.24) is 15.5 Å². The summed E-state index contributed by atoms with van der Waals surface area (Å²) < 4.78 is 10.3. The summed E-state index contributed by atoms with van der Waals surface area (Å²) in [6, 6.07) is 6.11. The summed E-state index contributed by atoms with van der Waals surface area (Å²) in [4.78, 5) is 4.13. The lowest BCUT2D eigenvalue weighted by Gasteiger charge is -2.09. The van der Waals surface area contributed by atoms with Gasteiger partial charge in [-0.15, -0.1) is 0 Å². The number of hydrogen-bond acceptors (Lipinski definition) is 5. The maximum atomic E-state index is 5.32. The van der Waals surface area contributed by atoms with Crippen LogP contribution in [0.4, 0.5) is 0 Å². The molecular formula is C13H17N3O2. The van der Waals surface area contributed by atoms with E-state index in [4.69, 9.17) is 9.26 Å². The van der Waals surface area contributed by atoms with Crippen LogP contribution in [0.3, 0.4) is 0 Å². The van der Waals surface area contributed by atoms with Gasteiger partial charge in [-0.1, -0.05) is 22.9 Å². The first-order valence-electron chi connectivity index (χ1n) is 5.82. The lowest BCUT2D eigenvalue weighted by atomic mass is 10.1. The van der Waals surface area contributed by atoms with Crippen LogP contribution >= 0.6 is 0 Å². The summed E-state index contributed by atoms with van der Waals surface area (Å²) in [6.07, 6.45) is 0. The topological polar surface area (TPSA) is 60.2 Å². The molecule has 0 spiro atoms. The first-order chi connectivity index (χ1) is 8.69. The Labute approximate surface area is 106 Å². The quantitative estimate of drug-likeness (QED) is 0.875. The molecule has 0 fully saturated rings. The predicted octanol–water partition coefficient (Wildman–Crippen LogP) is 1.98. The second-order valence-electron chi connectivity index (χ2n) is 4.15. The normalized spacial score (nSPS) is 10.6. The molecule has 0 saturated carbocycles. The Morgan fingerprint density at radius 2 is 2.11 bits per heavy atom. The number of benzene rings is 1. The van der Waals surface area contributed by atoms with Crippen molar-refractivity contribution in [3.8, 4) is 5.75 Å². The van der Waals surface area contributed by atoms with Gasteiger partial charge in [0, 0.05) is 12.1 Å². The van der Waals surface area contributed by atoms with Crippen molar-refractivity contribution in [2.45, 2.75) is 26.9 Å². The highest BCUT2D eigenvalue weighted by Crippen LogP contribution is 2.19. The molecule has 0 unspecified atom stereocenters. The fourth-order valence-corrected chi connectivity index (χ4v) is 1.76. The minimum atomic E-state index is 0.554. The number of hydrogen-bond donors (Lipinski definition) is 1. The van der Waals surface area contributed by atoms with Crippen LogP contribution in [-0.4, -0.2) is 17.3 Å². The molecule has 0 aliphatic rings. The van der Waals surface area contributed by atoms with Crippen LogP contribution in [0.5, 0.6) is 5.75 Å². The van der Waals surface area contributed by atoms with Gasteiger partial charge in [0.05, 0.1) is 13.7 Å². The SMILES string of the molecule is COc1ccc(C)cc1CNCc1nc(C)no1. The molecule has 0 atom stereocenters. The van der Waals surface area contributed by atoms with Gasteiger partial charge in [0.1, 0.15) is 5.75 Å². The van der Waals surface area contributed by atoms with Crippen LogP contribution in [0.15, 0.2) is 22.7 Å². The van der Waals surface area contributed by atoms with E-state index in [1.54, 1.807) is 14.0 Å². The Morgan fingerprint density at radius 1 is 1.28 bits per heavy atom. The molecule has 18 heavy (non-hydrogen) atoms. The lowest BCUT2D eigenvalue weighted by molar-refractivity contribution is 0.362. The predicted molar refractivity (Wildman–Crippen MR) is 67.3 cm³/mol. The molecule has 96 valence electrons. The zero-order chi connectivity index (χ0) is 13.0. The van der Waals surface area contributed by atoms with Gasteiger partial charge in [0.15, 0.2) is 5.82 Å². The number of nitrogens with one attached hydrogen (secondary N) is 1. The van der Waals surface area contributed by atoms with Gasteiger partial charge in [0.25, 0.3) is 0 Å². The van der Waals surface area contributed by atoms with Crippen LogP contribution in [0.1, 0.15) is 22.8 Å². The van der Waals surface area contributed by atoms with Crippen LogP contribution in [0, 0.1) is 13.8 Å². The Balaban J connectivity index is 1.95. The maximum Gasteiger partial charge on any atom is 0.240 e. The number of aromatic nitrogens is 2. The van der Waals surface area contributed by atoms with E-state index in [1.807, 2.05) is 12.1 Å². The molecule has 0 radical (unpaired) electrons. The van der Waals surface area contributed by atoms with E-state index in [9.17, 15) is 0 Å². The zero-order valence-corrected chi connectivity index (χ0v) is 10.9. The summed E-state index contributed by atoms with van der Waals surface area (Å²) in [5, 5.41) is 7.00. The molecule has 0 saturated heterocycles. The van der Waals surface area contributed by atoms with E-state index in [2.05, 4.69) is 28.4 Å². The minimum Gasteiger partial charge on any atom is -0.496 e. The summed E-state index contributed by atoms with van der Waals surface area (Å²) in [7, 11) is 1.68. The Kier molecular flexibility index (Phi) is 3.94. The summed E-state index contributed by atoms with van der Waals surface area (Å²) >= 11 is 0. The number of methoxy groups -OCH3 is 1. The first-order valence-corrected chi connectivity index (χ1v) is 5.82. The Bertz CT molecular complexity index is 523. The zero-order valence-electron chi connectivity index (χ0n) is 10.9. The molecule has 0 aliphatic carbocycles. The van der Waals surface area contributed by atoms with Gasteiger partial charge < -0.3 is 14.6 Å². The van der Waals surface area contributed by atoms with Crippen molar-refractivity contribution in [3.63, 3.8) is 0 Å². The third kappa shape index (κ3) is 3.07. The third-order valence-electron chi connectivity index (χ3n) is 2.60. The number of nitrogens with zero attached hydrogens (tertiary/aromatic N) is 2. The number of rotatable bonds is 5. The average Bonchev–Trinajstić information content (AvgIpc) is 2.75. The molecule has 5 heteroatoms. The molecule has 1 heterocycles. The van der Waals surface area contributed by atoms with E-state index in [1.165, 1.54) is 5.56 Å². The van der Waals surface area contributed by atoms with Crippen molar-refractivity contribution in [2.75, 3.05) is 7.11 Å². The highest BCUT2D eigenvalue weighted by molar-refractivity contribution is 5.36. The summed E-state index contributed by atoms with van der Waals surface area (Å²) in [5.74, 6) is 2.13. The second kappa shape index (κ2) is 5.64. The van der Waals surface area contributed by atoms with E-state index in [0.717, 1.165) is 11.3 Å². The molecule has 1 aromatic carbocycles. The van der Waals surface area contributed by atoms with E-state index >= 15 is 0 Å². The van der Waals surface area contributed by atoms with Crippen LogP contribution in [-0.2, 0) is 13.1 Å². The molecule has 2 aromatic rings. The number of aryl methyl sites for hydroxylation is 2. The smallest absolute Gasteiger partial charge is 0.240 e. The molecule has 2 rings (SSSR count). The van der Waals surface area contributed by atoms with Crippen molar-refractivity contribution in [3.05, 3.63) is 41.0 Å². The average molecular weight is 247 g/mol. The molecule has 1 aromatic heterocycles. The van der Waals surface area contributed by atoms with Gasteiger partial charge in [-0.05, 0) is 19.9 Å². The minimum absolute atomic E-state index is 0.554. The highest BCUT2D eigenvalue weighted by Gasteiger charge is 2.05.